The topological polar surface area (TPSA) is 50.3 Å². The Morgan fingerprint density at radius 1 is 1.09 bits per heavy atom. The van der Waals surface area contributed by atoms with Gasteiger partial charge in [0.05, 0.1) is 15.3 Å². The van der Waals surface area contributed by atoms with E-state index in [-0.39, 0.29) is 12.4 Å². The van der Waals surface area contributed by atoms with Gasteiger partial charge in [0.25, 0.3) is 0 Å². The van der Waals surface area contributed by atoms with Gasteiger partial charge in [-0.2, -0.15) is 0 Å². The predicted octanol–water partition coefficient (Wildman–Crippen LogP) is 6.60. The van der Waals surface area contributed by atoms with E-state index < -0.39 is 0 Å². The van der Waals surface area contributed by atoms with Crippen molar-refractivity contribution >= 4 is 44.7 Å². The zero-order valence-corrected chi connectivity index (χ0v) is 19.9. The second-order valence-electron chi connectivity index (χ2n) is 8.03. The lowest BCUT2D eigenvalue weighted by Gasteiger charge is -2.21. The van der Waals surface area contributed by atoms with Crippen LogP contribution in [-0.2, 0) is 6.61 Å². The van der Waals surface area contributed by atoms with Crippen molar-refractivity contribution in [1.82, 2.24) is 14.9 Å². The van der Waals surface area contributed by atoms with Gasteiger partial charge < -0.3 is 15.0 Å². The third kappa shape index (κ3) is 5.41. The molecule has 5 rings (SSSR count). The number of piperidine rings is 1. The van der Waals surface area contributed by atoms with E-state index >= 15 is 0 Å². The molecule has 1 aliphatic rings. The fourth-order valence-electron chi connectivity index (χ4n) is 3.78. The van der Waals surface area contributed by atoms with Gasteiger partial charge in [-0.3, -0.25) is 0 Å². The van der Waals surface area contributed by atoms with E-state index in [4.69, 9.17) is 16.3 Å². The average Bonchev–Trinajstić information content (AvgIpc) is 3.27. The van der Waals surface area contributed by atoms with Crippen molar-refractivity contribution in [2.45, 2.75) is 25.9 Å². The standard InChI is InChI=1S/C26H22ClFN4OS/c27-23-14-20(7-8-24(23)33-16-18-5-4-6-19(28)13-18)31-25-22-15-21(34-26(22)30-17-29-25)9-12-32-10-2-1-3-11-32/h4-8,13-15,17H,1-3,10-11,16H2,(H,29,30,31). The number of benzene rings is 2. The Balaban J connectivity index is 1.30. The first-order valence-corrected chi connectivity index (χ1v) is 12.3. The molecule has 0 spiro atoms. The van der Waals surface area contributed by atoms with Crippen LogP contribution in [0.5, 0.6) is 5.75 Å². The van der Waals surface area contributed by atoms with Crippen molar-refractivity contribution in [3.05, 3.63) is 76.1 Å². The van der Waals surface area contributed by atoms with Gasteiger partial charge in [0.1, 0.15) is 35.1 Å². The van der Waals surface area contributed by atoms with Crippen LogP contribution in [0.3, 0.4) is 0 Å². The first-order chi connectivity index (χ1) is 16.6. The molecule has 0 bridgehead atoms. The van der Waals surface area contributed by atoms with E-state index in [1.807, 2.05) is 12.1 Å². The van der Waals surface area contributed by atoms with Crippen LogP contribution in [0.4, 0.5) is 15.9 Å². The molecule has 0 atom stereocenters. The minimum absolute atomic E-state index is 0.229. The largest absolute Gasteiger partial charge is 0.487 e. The molecule has 1 fully saturated rings. The zero-order valence-electron chi connectivity index (χ0n) is 18.4. The summed E-state index contributed by atoms with van der Waals surface area (Å²) < 4.78 is 19.1. The Morgan fingerprint density at radius 3 is 2.79 bits per heavy atom. The summed E-state index contributed by atoms with van der Waals surface area (Å²) in [7, 11) is 0. The molecule has 8 heteroatoms. The summed E-state index contributed by atoms with van der Waals surface area (Å²) in [6, 6.07) is 17.0. The third-order valence-electron chi connectivity index (χ3n) is 5.50. The minimum atomic E-state index is -0.294. The van der Waals surface area contributed by atoms with E-state index in [0.717, 1.165) is 39.4 Å². The molecule has 1 N–H and O–H groups in total. The highest BCUT2D eigenvalue weighted by molar-refractivity contribution is 7.19. The molecule has 4 aromatic rings. The van der Waals surface area contributed by atoms with Crippen LogP contribution < -0.4 is 10.1 Å². The maximum absolute atomic E-state index is 13.4. The number of hydrogen-bond acceptors (Lipinski definition) is 6. The summed E-state index contributed by atoms with van der Waals surface area (Å²) in [5, 5.41) is 4.69. The first-order valence-electron chi connectivity index (χ1n) is 11.1. The molecule has 0 aliphatic carbocycles. The number of fused-ring (bicyclic) bond motifs is 1. The van der Waals surface area contributed by atoms with E-state index in [1.54, 1.807) is 41.9 Å². The molecule has 5 nitrogen and oxygen atoms in total. The molecule has 1 aliphatic heterocycles. The highest BCUT2D eigenvalue weighted by atomic mass is 35.5. The number of aromatic nitrogens is 2. The summed E-state index contributed by atoms with van der Waals surface area (Å²) >= 11 is 8.00. The molecule has 0 saturated carbocycles. The monoisotopic (exact) mass is 492 g/mol. The summed E-state index contributed by atoms with van der Waals surface area (Å²) in [6.07, 6.45) is 5.24. The van der Waals surface area contributed by atoms with E-state index in [0.29, 0.717) is 16.6 Å². The molecular formula is C26H22ClFN4OS. The van der Waals surface area contributed by atoms with Gasteiger partial charge in [0.2, 0.25) is 0 Å². The number of likely N-dealkylation sites (tertiary alicyclic amines) is 1. The minimum Gasteiger partial charge on any atom is -0.487 e. The van der Waals surface area contributed by atoms with Gasteiger partial charge in [-0.15, -0.1) is 11.3 Å². The number of nitrogens with zero attached hydrogens (tertiary/aromatic N) is 3. The average molecular weight is 493 g/mol. The molecule has 0 amide bonds. The molecule has 2 aromatic carbocycles. The summed E-state index contributed by atoms with van der Waals surface area (Å²) in [4.78, 5) is 12.9. The van der Waals surface area contributed by atoms with Crippen LogP contribution in [0.1, 0.15) is 29.7 Å². The number of ether oxygens (including phenoxy) is 1. The summed E-state index contributed by atoms with van der Waals surface area (Å²) in [6.45, 7) is 2.30. The molecule has 1 saturated heterocycles. The number of nitrogens with one attached hydrogen (secondary N) is 1. The SMILES string of the molecule is Fc1cccc(COc2ccc(Nc3ncnc4sc(C#CN5CCCCC5)cc34)cc2Cl)c1. The van der Waals surface area contributed by atoms with Gasteiger partial charge >= 0.3 is 0 Å². The number of anilines is 2. The smallest absolute Gasteiger partial charge is 0.142 e. The Kier molecular flexibility index (Phi) is 6.79. The first kappa shape index (κ1) is 22.5. The molecule has 3 heterocycles. The maximum Gasteiger partial charge on any atom is 0.142 e. The Hall–Kier alpha value is -3.34. The molecule has 0 unspecified atom stereocenters. The second kappa shape index (κ2) is 10.3. The van der Waals surface area contributed by atoms with Crippen LogP contribution in [0.15, 0.2) is 54.9 Å². The van der Waals surface area contributed by atoms with Gasteiger partial charge in [0, 0.05) is 24.8 Å². The molecule has 0 radical (unpaired) electrons. The molecular weight excluding hydrogens is 471 g/mol. The van der Waals surface area contributed by atoms with Crippen molar-refractivity contribution in [2.75, 3.05) is 18.4 Å². The van der Waals surface area contributed by atoms with Gasteiger partial charge in [-0.05, 0) is 67.1 Å². The van der Waals surface area contributed by atoms with Crippen molar-refractivity contribution in [3.63, 3.8) is 0 Å². The van der Waals surface area contributed by atoms with Gasteiger partial charge in [-0.25, -0.2) is 14.4 Å². The Bertz CT molecular complexity index is 1370. The number of hydrogen-bond donors (Lipinski definition) is 1. The van der Waals surface area contributed by atoms with Crippen LogP contribution in [0.25, 0.3) is 10.2 Å². The van der Waals surface area contributed by atoms with Crippen molar-refractivity contribution < 1.29 is 9.13 Å². The predicted molar refractivity (Wildman–Crippen MR) is 135 cm³/mol. The lowest BCUT2D eigenvalue weighted by molar-refractivity contribution is 0.306. The van der Waals surface area contributed by atoms with Crippen LogP contribution in [-0.4, -0.2) is 28.0 Å². The lowest BCUT2D eigenvalue weighted by atomic mass is 10.1. The van der Waals surface area contributed by atoms with Crippen LogP contribution >= 0.6 is 22.9 Å². The highest BCUT2D eigenvalue weighted by Crippen LogP contribution is 2.33. The van der Waals surface area contributed by atoms with Gasteiger partial charge in [0.15, 0.2) is 0 Å². The van der Waals surface area contributed by atoms with Crippen molar-refractivity contribution in [3.8, 4) is 17.7 Å². The Morgan fingerprint density at radius 2 is 1.97 bits per heavy atom. The number of thiophene rings is 1. The quantitative estimate of drug-likeness (QED) is 0.318. The molecule has 34 heavy (non-hydrogen) atoms. The van der Waals surface area contributed by atoms with E-state index in [1.165, 1.54) is 31.4 Å². The van der Waals surface area contributed by atoms with Gasteiger partial charge in [-0.1, -0.05) is 23.7 Å². The van der Waals surface area contributed by atoms with Crippen molar-refractivity contribution in [2.24, 2.45) is 0 Å². The van der Waals surface area contributed by atoms with Crippen LogP contribution in [0.2, 0.25) is 5.02 Å². The normalized spacial score (nSPS) is 13.4. The van der Waals surface area contributed by atoms with Crippen molar-refractivity contribution in [1.29, 1.82) is 0 Å². The fourth-order valence-corrected chi connectivity index (χ4v) is 4.86. The second-order valence-corrected chi connectivity index (χ2v) is 9.46. The Labute approximate surface area is 206 Å². The zero-order chi connectivity index (χ0) is 23.3. The highest BCUT2D eigenvalue weighted by Gasteiger charge is 2.11. The third-order valence-corrected chi connectivity index (χ3v) is 6.75. The lowest BCUT2D eigenvalue weighted by Crippen LogP contribution is -2.24. The summed E-state index contributed by atoms with van der Waals surface area (Å²) in [5.74, 6) is 4.20. The van der Waals surface area contributed by atoms with E-state index in [9.17, 15) is 4.39 Å². The van der Waals surface area contributed by atoms with Crippen LogP contribution in [0, 0.1) is 17.8 Å². The number of rotatable bonds is 5. The molecule has 2 aromatic heterocycles. The fraction of sp³-hybridized carbons (Fsp3) is 0.231. The summed E-state index contributed by atoms with van der Waals surface area (Å²) in [5.41, 5.74) is 1.51. The maximum atomic E-state index is 13.4. The van der Waals surface area contributed by atoms with E-state index in [2.05, 4.69) is 32.1 Å². The number of halogens is 2. The molecule has 172 valence electrons.